The molecule has 1 amide bonds. The molecule has 0 aliphatic carbocycles. The first-order valence-corrected chi connectivity index (χ1v) is 7.77. The number of nitrogens with one attached hydrogen (secondary N) is 1. The molecular formula is C17H19NO3S. The quantitative estimate of drug-likeness (QED) is 0.797. The van der Waals surface area contributed by atoms with E-state index in [0.29, 0.717) is 6.54 Å². The van der Waals surface area contributed by atoms with Crippen molar-refractivity contribution in [3.8, 4) is 5.75 Å². The van der Waals surface area contributed by atoms with Gasteiger partial charge in [0.2, 0.25) is 5.91 Å². The van der Waals surface area contributed by atoms with E-state index in [1.807, 2.05) is 41.8 Å². The maximum atomic E-state index is 11.8. The molecule has 1 heterocycles. The first-order chi connectivity index (χ1) is 10.7. The molecule has 0 aliphatic rings. The van der Waals surface area contributed by atoms with E-state index in [1.165, 1.54) is 6.08 Å². The van der Waals surface area contributed by atoms with Crippen molar-refractivity contribution in [3.05, 3.63) is 58.3 Å². The number of carbonyl (C=O) groups excluding carboxylic acids is 1. The van der Waals surface area contributed by atoms with Crippen LogP contribution < -0.4 is 10.1 Å². The summed E-state index contributed by atoms with van der Waals surface area (Å²) in [5.41, 5.74) is 0.962. The van der Waals surface area contributed by atoms with Gasteiger partial charge in [-0.2, -0.15) is 0 Å². The van der Waals surface area contributed by atoms with E-state index in [1.54, 1.807) is 31.6 Å². The fraction of sp³-hybridized carbons (Fsp3) is 0.235. The predicted octanol–water partition coefficient (Wildman–Crippen LogP) is 3.27. The highest BCUT2D eigenvalue weighted by atomic mass is 32.1. The molecule has 0 fully saturated rings. The van der Waals surface area contributed by atoms with Crippen LogP contribution in [0.1, 0.15) is 16.5 Å². The summed E-state index contributed by atoms with van der Waals surface area (Å²) in [6.07, 6.45) is 3.12. The van der Waals surface area contributed by atoms with Gasteiger partial charge in [-0.05, 0) is 35.2 Å². The van der Waals surface area contributed by atoms with E-state index in [0.717, 1.165) is 16.2 Å². The second-order valence-corrected chi connectivity index (χ2v) is 5.57. The van der Waals surface area contributed by atoms with Crippen molar-refractivity contribution in [2.75, 3.05) is 20.8 Å². The molecule has 116 valence electrons. The lowest BCUT2D eigenvalue weighted by molar-refractivity contribution is -0.117. The summed E-state index contributed by atoms with van der Waals surface area (Å²) in [7, 11) is 3.25. The van der Waals surface area contributed by atoms with Gasteiger partial charge in [0, 0.05) is 24.6 Å². The van der Waals surface area contributed by atoms with Crippen LogP contribution in [0.5, 0.6) is 5.75 Å². The van der Waals surface area contributed by atoms with Gasteiger partial charge in [-0.1, -0.05) is 18.2 Å². The molecule has 22 heavy (non-hydrogen) atoms. The molecule has 2 rings (SSSR count). The molecule has 1 aromatic heterocycles. The van der Waals surface area contributed by atoms with Crippen molar-refractivity contribution < 1.29 is 14.3 Å². The zero-order valence-electron chi connectivity index (χ0n) is 12.6. The molecule has 0 saturated carbocycles. The summed E-state index contributed by atoms with van der Waals surface area (Å²) in [5, 5.41) is 4.82. The minimum absolute atomic E-state index is 0.140. The Bertz CT molecular complexity index is 623. The number of carbonyl (C=O) groups is 1. The first kappa shape index (κ1) is 16.3. The Balaban J connectivity index is 1.91. The first-order valence-electron chi connectivity index (χ1n) is 6.89. The van der Waals surface area contributed by atoms with Gasteiger partial charge in [0.15, 0.2) is 0 Å². The molecule has 1 N–H and O–H groups in total. The van der Waals surface area contributed by atoms with Crippen LogP contribution in [0, 0.1) is 0 Å². The second kappa shape index (κ2) is 8.36. The van der Waals surface area contributed by atoms with Crippen molar-refractivity contribution in [1.82, 2.24) is 5.32 Å². The lowest BCUT2D eigenvalue weighted by Gasteiger charge is -2.16. The van der Waals surface area contributed by atoms with Crippen molar-refractivity contribution in [3.63, 3.8) is 0 Å². The third kappa shape index (κ3) is 4.72. The van der Waals surface area contributed by atoms with Gasteiger partial charge in [-0.3, -0.25) is 4.79 Å². The average Bonchev–Trinajstić information content (AvgIpc) is 3.07. The number of thiophene rings is 1. The third-order valence-electron chi connectivity index (χ3n) is 3.15. The Labute approximate surface area is 134 Å². The van der Waals surface area contributed by atoms with E-state index in [4.69, 9.17) is 9.47 Å². The Morgan fingerprint density at radius 2 is 2.18 bits per heavy atom. The number of hydrogen-bond donors (Lipinski definition) is 1. The summed E-state index contributed by atoms with van der Waals surface area (Å²) in [6.45, 7) is 0.400. The molecule has 0 unspecified atom stereocenters. The maximum Gasteiger partial charge on any atom is 0.244 e. The van der Waals surface area contributed by atoms with Gasteiger partial charge in [0.25, 0.3) is 0 Å². The highest BCUT2D eigenvalue weighted by molar-refractivity contribution is 7.10. The number of rotatable bonds is 7. The van der Waals surface area contributed by atoms with Gasteiger partial charge in [0.1, 0.15) is 5.75 Å². The normalized spacial score (nSPS) is 12.3. The second-order valence-electron chi connectivity index (χ2n) is 4.59. The number of hydrogen-bond acceptors (Lipinski definition) is 4. The predicted molar refractivity (Wildman–Crippen MR) is 89.1 cm³/mol. The number of ether oxygens (including phenoxy) is 2. The van der Waals surface area contributed by atoms with Gasteiger partial charge in [0.05, 0.1) is 13.2 Å². The SMILES string of the molecule is COc1cccc([C@H](CNC(=O)/C=C/c2cccs2)OC)c1. The monoisotopic (exact) mass is 317 g/mol. The highest BCUT2D eigenvalue weighted by Gasteiger charge is 2.12. The molecule has 0 bridgehead atoms. The lowest BCUT2D eigenvalue weighted by Crippen LogP contribution is -2.27. The van der Waals surface area contributed by atoms with Crippen LogP contribution >= 0.6 is 11.3 Å². The summed E-state index contributed by atoms with van der Waals surface area (Å²) < 4.78 is 10.6. The minimum Gasteiger partial charge on any atom is -0.497 e. The standard InChI is InChI=1S/C17H19NO3S/c1-20-14-6-3-5-13(11-14)16(21-2)12-18-17(19)9-8-15-7-4-10-22-15/h3-11,16H,12H2,1-2H3,(H,18,19)/b9-8+/t16-/m0/s1. The zero-order valence-corrected chi connectivity index (χ0v) is 13.4. The van der Waals surface area contributed by atoms with Crippen LogP contribution in [0.25, 0.3) is 6.08 Å². The van der Waals surface area contributed by atoms with Crippen LogP contribution in [0.3, 0.4) is 0 Å². The van der Waals surface area contributed by atoms with E-state index < -0.39 is 0 Å². The summed E-state index contributed by atoms with van der Waals surface area (Å²) >= 11 is 1.59. The molecule has 2 aromatic rings. The molecule has 5 heteroatoms. The fourth-order valence-electron chi connectivity index (χ4n) is 1.98. The zero-order chi connectivity index (χ0) is 15.8. The van der Waals surface area contributed by atoms with Crippen LogP contribution in [-0.2, 0) is 9.53 Å². The number of amides is 1. The van der Waals surface area contributed by atoms with Gasteiger partial charge in [-0.15, -0.1) is 11.3 Å². The molecule has 0 aliphatic heterocycles. The van der Waals surface area contributed by atoms with Crippen LogP contribution in [0.4, 0.5) is 0 Å². The Morgan fingerprint density at radius 3 is 2.86 bits per heavy atom. The smallest absolute Gasteiger partial charge is 0.244 e. The van der Waals surface area contributed by atoms with E-state index in [-0.39, 0.29) is 12.0 Å². The Kier molecular flexibility index (Phi) is 6.18. The molecule has 1 aromatic carbocycles. The van der Waals surface area contributed by atoms with Crippen molar-refractivity contribution in [2.24, 2.45) is 0 Å². The van der Waals surface area contributed by atoms with Crippen LogP contribution in [0.15, 0.2) is 47.9 Å². The number of methoxy groups -OCH3 is 2. The minimum atomic E-state index is -0.214. The highest BCUT2D eigenvalue weighted by Crippen LogP contribution is 2.21. The third-order valence-corrected chi connectivity index (χ3v) is 3.99. The van der Waals surface area contributed by atoms with Crippen molar-refractivity contribution in [2.45, 2.75) is 6.10 Å². The topological polar surface area (TPSA) is 47.6 Å². The van der Waals surface area contributed by atoms with Gasteiger partial charge in [-0.25, -0.2) is 0 Å². The van der Waals surface area contributed by atoms with Crippen molar-refractivity contribution >= 4 is 23.3 Å². The molecule has 4 nitrogen and oxygen atoms in total. The van der Waals surface area contributed by atoms with E-state index >= 15 is 0 Å². The largest absolute Gasteiger partial charge is 0.497 e. The number of benzene rings is 1. The molecule has 0 radical (unpaired) electrons. The fourth-order valence-corrected chi connectivity index (χ4v) is 2.59. The molecule has 0 saturated heterocycles. The van der Waals surface area contributed by atoms with E-state index in [9.17, 15) is 4.79 Å². The van der Waals surface area contributed by atoms with E-state index in [2.05, 4.69) is 5.32 Å². The Morgan fingerprint density at radius 1 is 1.32 bits per heavy atom. The Hall–Kier alpha value is -2.11. The van der Waals surface area contributed by atoms with Crippen LogP contribution in [0.2, 0.25) is 0 Å². The lowest BCUT2D eigenvalue weighted by atomic mass is 10.1. The summed E-state index contributed by atoms with van der Waals surface area (Å²) in [4.78, 5) is 12.9. The summed E-state index contributed by atoms with van der Waals surface area (Å²) in [5.74, 6) is 0.627. The van der Waals surface area contributed by atoms with Gasteiger partial charge < -0.3 is 14.8 Å². The van der Waals surface area contributed by atoms with Crippen molar-refractivity contribution in [1.29, 1.82) is 0 Å². The van der Waals surface area contributed by atoms with Gasteiger partial charge >= 0.3 is 0 Å². The van der Waals surface area contributed by atoms with Crippen LogP contribution in [-0.4, -0.2) is 26.7 Å². The molecular weight excluding hydrogens is 298 g/mol. The summed E-state index contributed by atoms with van der Waals surface area (Å²) in [6, 6.07) is 11.5. The average molecular weight is 317 g/mol. The molecule has 0 spiro atoms. The molecule has 1 atom stereocenters. The maximum absolute atomic E-state index is 11.8.